The van der Waals surface area contributed by atoms with Crippen LogP contribution in [0.2, 0.25) is 0 Å². The Morgan fingerprint density at radius 3 is 1.96 bits per heavy atom. The number of carbonyl (C=O) groups excluding carboxylic acids is 2. The van der Waals surface area contributed by atoms with Gasteiger partial charge in [-0.3, -0.25) is 14.5 Å². The van der Waals surface area contributed by atoms with Crippen molar-refractivity contribution in [2.75, 3.05) is 33.3 Å². The average molecular weight is 367 g/mol. The monoisotopic (exact) mass is 366 g/mol. The molecule has 1 amide bonds. The van der Waals surface area contributed by atoms with Crippen LogP contribution in [0.1, 0.15) is 60.8 Å². The summed E-state index contributed by atoms with van der Waals surface area (Å²) in [6, 6.07) is 0. The summed E-state index contributed by atoms with van der Waals surface area (Å²) in [4.78, 5) is 30.1. The lowest BCUT2D eigenvalue weighted by atomic mass is 9.77. The van der Waals surface area contributed by atoms with Crippen molar-refractivity contribution in [2.45, 2.75) is 72.4 Å². The second kappa shape index (κ2) is 7.97. The third-order valence-corrected chi connectivity index (χ3v) is 6.04. The van der Waals surface area contributed by atoms with E-state index in [-0.39, 0.29) is 40.6 Å². The van der Waals surface area contributed by atoms with E-state index < -0.39 is 0 Å². The maximum Gasteiger partial charge on any atom is 0.225 e. The number of methoxy groups -OCH3 is 1. The lowest BCUT2D eigenvalue weighted by molar-refractivity contribution is -0.149. The molecule has 0 saturated carbocycles. The first kappa shape index (κ1) is 21.4. The maximum atomic E-state index is 13.0. The molecule has 150 valence electrons. The van der Waals surface area contributed by atoms with E-state index in [1.165, 1.54) is 0 Å². The van der Waals surface area contributed by atoms with Crippen LogP contribution < -0.4 is 0 Å². The van der Waals surface area contributed by atoms with Gasteiger partial charge in [-0.2, -0.15) is 0 Å². The SMILES string of the molecule is COC1CN(C(=O)C2CCN(C(C)(C)C)CC2)CCC1C(=O)C(C)(C)C. The fraction of sp³-hybridized carbons (Fsp3) is 0.905. The van der Waals surface area contributed by atoms with Gasteiger partial charge in [-0.05, 0) is 53.1 Å². The zero-order chi connectivity index (χ0) is 19.7. The van der Waals surface area contributed by atoms with Gasteiger partial charge in [0.2, 0.25) is 5.91 Å². The van der Waals surface area contributed by atoms with Gasteiger partial charge in [-0.15, -0.1) is 0 Å². The van der Waals surface area contributed by atoms with Crippen LogP contribution in [0.3, 0.4) is 0 Å². The fourth-order valence-corrected chi connectivity index (χ4v) is 4.27. The summed E-state index contributed by atoms with van der Waals surface area (Å²) in [5, 5.41) is 0. The first-order valence-electron chi connectivity index (χ1n) is 10.1. The van der Waals surface area contributed by atoms with Crippen molar-refractivity contribution in [1.29, 1.82) is 0 Å². The first-order chi connectivity index (χ1) is 11.9. The highest BCUT2D eigenvalue weighted by Crippen LogP contribution is 2.31. The van der Waals surface area contributed by atoms with E-state index in [4.69, 9.17) is 4.74 Å². The van der Waals surface area contributed by atoms with Crippen LogP contribution >= 0.6 is 0 Å². The molecular weight excluding hydrogens is 328 g/mol. The van der Waals surface area contributed by atoms with E-state index in [0.29, 0.717) is 19.5 Å². The smallest absolute Gasteiger partial charge is 0.225 e. The molecular formula is C21H38N2O3. The summed E-state index contributed by atoms with van der Waals surface area (Å²) in [6.45, 7) is 15.7. The van der Waals surface area contributed by atoms with Crippen LogP contribution in [0, 0.1) is 17.3 Å². The standard InChI is InChI=1S/C21H38N2O3/c1-20(2,3)18(24)16-10-11-22(14-17(16)26-7)19(25)15-8-12-23(13-9-15)21(4,5)6/h15-17H,8-14H2,1-7H3. The van der Waals surface area contributed by atoms with Gasteiger partial charge in [0.1, 0.15) is 5.78 Å². The number of rotatable bonds is 3. The molecule has 0 bridgehead atoms. The quantitative estimate of drug-likeness (QED) is 0.770. The van der Waals surface area contributed by atoms with Gasteiger partial charge in [-0.25, -0.2) is 0 Å². The van der Waals surface area contributed by atoms with Crippen molar-refractivity contribution in [3.8, 4) is 0 Å². The van der Waals surface area contributed by atoms with Crippen LogP contribution in [-0.4, -0.2) is 66.4 Å². The van der Waals surface area contributed by atoms with Crippen molar-refractivity contribution in [3.05, 3.63) is 0 Å². The van der Waals surface area contributed by atoms with Crippen molar-refractivity contribution >= 4 is 11.7 Å². The molecule has 2 rings (SSSR count). The van der Waals surface area contributed by atoms with Crippen LogP contribution in [-0.2, 0) is 14.3 Å². The highest BCUT2D eigenvalue weighted by Gasteiger charge is 2.41. The highest BCUT2D eigenvalue weighted by molar-refractivity contribution is 5.87. The topological polar surface area (TPSA) is 49.9 Å². The summed E-state index contributed by atoms with van der Waals surface area (Å²) in [7, 11) is 1.66. The predicted molar refractivity (Wildman–Crippen MR) is 104 cm³/mol. The number of carbonyl (C=O) groups is 2. The summed E-state index contributed by atoms with van der Waals surface area (Å²) in [6.07, 6.45) is 2.37. The number of hydrogen-bond donors (Lipinski definition) is 0. The number of nitrogens with zero attached hydrogens (tertiary/aromatic N) is 2. The number of piperidine rings is 2. The minimum absolute atomic E-state index is 0.105. The number of Topliss-reactive ketones (excluding diaryl/α,β-unsaturated/α-hetero) is 1. The summed E-state index contributed by atoms with van der Waals surface area (Å²) in [5.41, 5.74) is -0.200. The van der Waals surface area contributed by atoms with Gasteiger partial charge in [0.05, 0.1) is 6.10 Å². The number of amides is 1. The molecule has 0 aromatic carbocycles. The minimum Gasteiger partial charge on any atom is -0.379 e. The van der Waals surface area contributed by atoms with Gasteiger partial charge in [0.15, 0.2) is 0 Å². The molecule has 0 radical (unpaired) electrons. The molecule has 0 spiro atoms. The number of likely N-dealkylation sites (tertiary alicyclic amines) is 2. The summed E-state index contributed by atoms with van der Waals surface area (Å²) in [5.74, 6) is 0.505. The van der Waals surface area contributed by atoms with Crippen molar-refractivity contribution in [3.63, 3.8) is 0 Å². The van der Waals surface area contributed by atoms with Crippen molar-refractivity contribution in [1.82, 2.24) is 9.80 Å². The van der Waals surface area contributed by atoms with E-state index in [9.17, 15) is 9.59 Å². The van der Waals surface area contributed by atoms with Crippen LogP contribution in [0.4, 0.5) is 0 Å². The zero-order valence-electron chi connectivity index (χ0n) is 17.8. The number of hydrogen-bond acceptors (Lipinski definition) is 4. The minimum atomic E-state index is -0.368. The molecule has 2 fully saturated rings. The molecule has 2 unspecified atom stereocenters. The summed E-state index contributed by atoms with van der Waals surface area (Å²) < 4.78 is 5.63. The molecule has 5 nitrogen and oxygen atoms in total. The van der Waals surface area contributed by atoms with Crippen molar-refractivity contribution in [2.24, 2.45) is 17.3 Å². The highest BCUT2D eigenvalue weighted by atomic mass is 16.5. The van der Waals surface area contributed by atoms with Gasteiger partial charge >= 0.3 is 0 Å². The number of ketones is 1. The maximum absolute atomic E-state index is 13.0. The Morgan fingerprint density at radius 1 is 0.923 bits per heavy atom. The molecule has 0 aliphatic carbocycles. The summed E-state index contributed by atoms with van der Waals surface area (Å²) >= 11 is 0. The molecule has 26 heavy (non-hydrogen) atoms. The van der Waals surface area contributed by atoms with Crippen LogP contribution in [0.15, 0.2) is 0 Å². The second-order valence-electron chi connectivity index (χ2n) is 10.00. The van der Waals surface area contributed by atoms with E-state index in [0.717, 1.165) is 25.9 Å². The van der Waals surface area contributed by atoms with E-state index in [2.05, 4.69) is 25.7 Å². The van der Waals surface area contributed by atoms with Gasteiger partial charge < -0.3 is 9.64 Å². The third-order valence-electron chi connectivity index (χ3n) is 6.04. The molecule has 5 heteroatoms. The molecule has 2 aliphatic rings. The van der Waals surface area contributed by atoms with Gasteiger partial charge in [0, 0.05) is 43.0 Å². The largest absolute Gasteiger partial charge is 0.379 e. The predicted octanol–water partition coefficient (Wildman–Crippen LogP) is 2.98. The van der Waals surface area contributed by atoms with Gasteiger partial charge in [-0.1, -0.05) is 20.8 Å². The lowest BCUT2D eigenvalue weighted by Gasteiger charge is -2.43. The third kappa shape index (κ3) is 4.86. The zero-order valence-corrected chi connectivity index (χ0v) is 17.8. The Labute approximate surface area is 159 Å². The molecule has 0 aromatic rings. The Bertz CT molecular complexity index is 510. The van der Waals surface area contributed by atoms with Crippen LogP contribution in [0.5, 0.6) is 0 Å². The lowest BCUT2D eigenvalue weighted by Crippen LogP contribution is -2.54. The molecule has 2 saturated heterocycles. The normalized spacial score (nSPS) is 26.8. The van der Waals surface area contributed by atoms with Crippen molar-refractivity contribution < 1.29 is 14.3 Å². The van der Waals surface area contributed by atoms with E-state index in [1.807, 2.05) is 25.7 Å². The van der Waals surface area contributed by atoms with Crippen LogP contribution in [0.25, 0.3) is 0 Å². The number of ether oxygens (including phenoxy) is 1. The fourth-order valence-electron chi connectivity index (χ4n) is 4.27. The Kier molecular flexibility index (Phi) is 6.55. The first-order valence-corrected chi connectivity index (χ1v) is 10.1. The molecule has 0 aromatic heterocycles. The Hall–Kier alpha value is -0.940. The molecule has 0 N–H and O–H groups in total. The second-order valence-corrected chi connectivity index (χ2v) is 10.00. The Balaban J connectivity index is 1.95. The molecule has 2 atom stereocenters. The van der Waals surface area contributed by atoms with E-state index >= 15 is 0 Å². The molecule has 2 heterocycles. The molecule has 2 aliphatic heterocycles. The van der Waals surface area contributed by atoms with E-state index in [1.54, 1.807) is 7.11 Å². The Morgan fingerprint density at radius 2 is 1.50 bits per heavy atom. The van der Waals surface area contributed by atoms with Gasteiger partial charge in [0.25, 0.3) is 0 Å². The average Bonchev–Trinajstić information content (AvgIpc) is 2.58.